The molecule has 0 aliphatic heterocycles. The molecule has 0 saturated carbocycles. The van der Waals surface area contributed by atoms with E-state index in [-0.39, 0.29) is 5.88 Å². The highest BCUT2D eigenvalue weighted by Crippen LogP contribution is 2.05. The minimum Gasteiger partial charge on any atom is -0.493 e. The molecule has 0 bridgehead atoms. The fourth-order valence-electron chi connectivity index (χ4n) is 0.890. The quantitative estimate of drug-likeness (QED) is 0.533. The Morgan fingerprint density at radius 3 is 2.80 bits per heavy atom. The molecule has 2 aromatic heterocycles. The van der Waals surface area contributed by atoms with Gasteiger partial charge in [0.2, 0.25) is 11.7 Å². The number of fused-ring (bicyclic) bond motifs is 1. The van der Waals surface area contributed by atoms with Crippen molar-refractivity contribution in [3.05, 3.63) is 17.7 Å². The van der Waals surface area contributed by atoms with Gasteiger partial charge in [-0.2, -0.15) is 0 Å². The highest BCUT2D eigenvalue weighted by atomic mass is 16.3. The summed E-state index contributed by atoms with van der Waals surface area (Å²) in [6, 6.07) is 0. The van der Waals surface area contributed by atoms with Gasteiger partial charge in [-0.1, -0.05) is 6.58 Å². The van der Waals surface area contributed by atoms with Crippen LogP contribution in [-0.2, 0) is 0 Å². The molecule has 0 aliphatic rings. The average molecular weight is 135 g/mol. The van der Waals surface area contributed by atoms with Gasteiger partial charge in [-0.25, -0.2) is 14.4 Å². The van der Waals surface area contributed by atoms with Crippen LogP contribution in [0, 0.1) is 0 Å². The number of nitrogens with zero attached hydrogens (tertiary/aromatic N) is 3. The van der Waals surface area contributed by atoms with Crippen molar-refractivity contribution < 1.29 is 5.11 Å². The summed E-state index contributed by atoms with van der Waals surface area (Å²) in [7, 11) is 0. The van der Waals surface area contributed by atoms with Gasteiger partial charge in [0.25, 0.3) is 0 Å². The van der Waals surface area contributed by atoms with Crippen molar-refractivity contribution in [2.75, 3.05) is 0 Å². The lowest BCUT2D eigenvalue weighted by molar-refractivity contribution is 0.447. The standard InChI is InChI=1S/C6H5N3O/c1-4-2-7-6-8-3-5(10)9(4)6/h2-3,10H,1H2. The molecule has 0 aliphatic carbocycles. The molecule has 0 unspecified atom stereocenters. The number of aromatic hydroxyl groups is 1. The van der Waals surface area contributed by atoms with Crippen molar-refractivity contribution in [1.29, 1.82) is 0 Å². The maximum atomic E-state index is 9.10. The van der Waals surface area contributed by atoms with E-state index in [4.69, 9.17) is 5.11 Å². The SMILES string of the molecule is C=c1cnc2ncc(O)n12. The summed E-state index contributed by atoms with van der Waals surface area (Å²) < 4.78 is 1.47. The highest BCUT2D eigenvalue weighted by Gasteiger charge is 2.01. The summed E-state index contributed by atoms with van der Waals surface area (Å²) in [5, 5.41) is 9.74. The van der Waals surface area contributed by atoms with Crippen molar-refractivity contribution in [1.82, 2.24) is 14.4 Å². The van der Waals surface area contributed by atoms with Crippen molar-refractivity contribution >= 4 is 12.4 Å². The number of imidazole rings is 2. The van der Waals surface area contributed by atoms with Crippen LogP contribution in [-0.4, -0.2) is 19.5 Å². The van der Waals surface area contributed by atoms with Gasteiger partial charge in [-0.3, -0.25) is 0 Å². The molecule has 0 amide bonds. The van der Waals surface area contributed by atoms with Crippen LogP contribution in [0.4, 0.5) is 0 Å². The van der Waals surface area contributed by atoms with Crippen LogP contribution < -0.4 is 5.35 Å². The Hall–Kier alpha value is -1.58. The number of aromatic nitrogens is 3. The Morgan fingerprint density at radius 2 is 2.10 bits per heavy atom. The van der Waals surface area contributed by atoms with E-state index in [1.807, 2.05) is 0 Å². The maximum absolute atomic E-state index is 9.10. The third-order valence-corrected chi connectivity index (χ3v) is 1.34. The summed E-state index contributed by atoms with van der Waals surface area (Å²) in [6.45, 7) is 3.64. The van der Waals surface area contributed by atoms with Crippen LogP contribution in [0.2, 0.25) is 0 Å². The fraction of sp³-hybridized carbons (Fsp3) is 0. The Bertz CT molecular complexity index is 406. The predicted octanol–water partition coefficient (Wildman–Crippen LogP) is -0.436. The maximum Gasteiger partial charge on any atom is 0.237 e. The van der Waals surface area contributed by atoms with Crippen molar-refractivity contribution in [2.24, 2.45) is 0 Å². The molecule has 4 heteroatoms. The van der Waals surface area contributed by atoms with E-state index in [2.05, 4.69) is 16.5 Å². The molecule has 0 fully saturated rings. The first-order chi connectivity index (χ1) is 4.79. The summed E-state index contributed by atoms with van der Waals surface area (Å²) in [6.07, 6.45) is 2.90. The summed E-state index contributed by atoms with van der Waals surface area (Å²) >= 11 is 0. The van der Waals surface area contributed by atoms with Gasteiger partial charge in [-0.05, 0) is 0 Å². The lowest BCUT2D eigenvalue weighted by Crippen LogP contribution is -2.02. The van der Waals surface area contributed by atoms with E-state index in [1.165, 1.54) is 10.6 Å². The van der Waals surface area contributed by atoms with Gasteiger partial charge in [0.1, 0.15) is 0 Å². The molecule has 0 aromatic carbocycles. The lowest BCUT2D eigenvalue weighted by atomic mass is 10.7. The van der Waals surface area contributed by atoms with Crippen molar-refractivity contribution in [3.63, 3.8) is 0 Å². The normalized spacial score (nSPS) is 10.8. The summed E-state index contributed by atoms with van der Waals surface area (Å²) in [4.78, 5) is 7.67. The third-order valence-electron chi connectivity index (χ3n) is 1.34. The van der Waals surface area contributed by atoms with E-state index >= 15 is 0 Å². The molecule has 0 atom stereocenters. The predicted molar refractivity (Wildman–Crippen MR) is 35.4 cm³/mol. The minimum atomic E-state index is 0.0810. The first-order valence-electron chi connectivity index (χ1n) is 2.79. The second-order valence-corrected chi connectivity index (χ2v) is 2.00. The molecule has 10 heavy (non-hydrogen) atoms. The van der Waals surface area contributed by atoms with Gasteiger partial charge in [0.05, 0.1) is 17.7 Å². The molecule has 0 saturated heterocycles. The summed E-state index contributed by atoms with van der Waals surface area (Å²) in [5.41, 5.74) is 0. The van der Waals surface area contributed by atoms with Crippen LogP contribution >= 0.6 is 0 Å². The molecular weight excluding hydrogens is 130 g/mol. The molecule has 2 heterocycles. The number of hydrogen-bond acceptors (Lipinski definition) is 3. The zero-order valence-electron chi connectivity index (χ0n) is 5.15. The number of rotatable bonds is 0. The van der Waals surface area contributed by atoms with Gasteiger partial charge in [0.15, 0.2) is 0 Å². The Morgan fingerprint density at radius 1 is 1.40 bits per heavy atom. The summed E-state index contributed by atoms with van der Waals surface area (Å²) in [5.74, 6) is 0.569. The van der Waals surface area contributed by atoms with Crippen molar-refractivity contribution in [3.8, 4) is 5.88 Å². The number of hydrogen-bond donors (Lipinski definition) is 1. The second-order valence-electron chi connectivity index (χ2n) is 2.00. The molecule has 1 N–H and O–H groups in total. The third kappa shape index (κ3) is 0.452. The van der Waals surface area contributed by atoms with E-state index in [9.17, 15) is 0 Å². The molecule has 4 nitrogen and oxygen atoms in total. The Balaban J connectivity index is 3.12. The van der Waals surface area contributed by atoms with E-state index in [0.29, 0.717) is 11.1 Å². The Labute approximate surface area is 56.4 Å². The molecular formula is C6H5N3O. The van der Waals surface area contributed by atoms with E-state index < -0.39 is 0 Å². The van der Waals surface area contributed by atoms with Crippen molar-refractivity contribution in [2.45, 2.75) is 0 Å². The first-order valence-corrected chi connectivity index (χ1v) is 2.79. The van der Waals surface area contributed by atoms with Crippen LogP contribution in [0.3, 0.4) is 0 Å². The van der Waals surface area contributed by atoms with Gasteiger partial charge in [0, 0.05) is 0 Å². The average Bonchev–Trinajstić information content (AvgIpc) is 2.40. The van der Waals surface area contributed by atoms with Gasteiger partial charge in [-0.15, -0.1) is 0 Å². The topological polar surface area (TPSA) is 50.4 Å². The molecule has 0 spiro atoms. The fourth-order valence-corrected chi connectivity index (χ4v) is 0.890. The van der Waals surface area contributed by atoms with Crippen LogP contribution in [0.5, 0.6) is 5.88 Å². The molecule has 2 aromatic rings. The lowest BCUT2D eigenvalue weighted by Gasteiger charge is -1.82. The second kappa shape index (κ2) is 1.47. The largest absolute Gasteiger partial charge is 0.493 e. The Kier molecular flexibility index (Phi) is 0.768. The van der Waals surface area contributed by atoms with E-state index in [0.717, 1.165) is 0 Å². The van der Waals surface area contributed by atoms with Gasteiger partial charge < -0.3 is 5.11 Å². The van der Waals surface area contributed by atoms with Gasteiger partial charge >= 0.3 is 0 Å². The molecule has 50 valence electrons. The smallest absolute Gasteiger partial charge is 0.237 e. The molecule has 2 rings (SSSR count). The first kappa shape index (κ1) is 5.22. The van der Waals surface area contributed by atoms with Crippen LogP contribution in [0.25, 0.3) is 12.4 Å². The van der Waals surface area contributed by atoms with Crippen LogP contribution in [0.1, 0.15) is 0 Å². The highest BCUT2D eigenvalue weighted by molar-refractivity contribution is 5.34. The monoisotopic (exact) mass is 135 g/mol. The minimum absolute atomic E-state index is 0.0810. The molecule has 0 radical (unpaired) electrons. The van der Waals surface area contributed by atoms with Crippen LogP contribution in [0.15, 0.2) is 12.4 Å². The van der Waals surface area contributed by atoms with E-state index in [1.54, 1.807) is 6.20 Å². The zero-order valence-corrected chi connectivity index (χ0v) is 5.15. The zero-order chi connectivity index (χ0) is 7.14.